The number of halogens is 1. The van der Waals surface area contributed by atoms with Crippen LogP contribution in [0.3, 0.4) is 0 Å². The van der Waals surface area contributed by atoms with Gasteiger partial charge in [-0.1, -0.05) is 41.9 Å². The van der Waals surface area contributed by atoms with Crippen molar-refractivity contribution in [1.82, 2.24) is 4.98 Å². The molecule has 2 aromatic heterocycles. The highest BCUT2D eigenvalue weighted by molar-refractivity contribution is 7.22. The van der Waals surface area contributed by atoms with E-state index in [1.807, 2.05) is 30.3 Å². The number of thiophene rings is 1. The Kier molecular flexibility index (Phi) is 4.61. The lowest BCUT2D eigenvalue weighted by molar-refractivity contribution is 0.716. The number of hydrogen-bond donors (Lipinski definition) is 1. The molecule has 1 unspecified atom stereocenters. The fourth-order valence-corrected chi connectivity index (χ4v) is 5.16. The third kappa shape index (κ3) is 3.35. The Bertz CT molecular complexity index is 1020. The van der Waals surface area contributed by atoms with Crippen LogP contribution in [0.25, 0.3) is 20.7 Å². The van der Waals surface area contributed by atoms with Gasteiger partial charge >= 0.3 is 0 Å². The van der Waals surface area contributed by atoms with Crippen LogP contribution in [0.15, 0.2) is 53.9 Å². The molecule has 0 aliphatic rings. The van der Waals surface area contributed by atoms with Gasteiger partial charge in [-0.05, 0) is 48.1 Å². The van der Waals surface area contributed by atoms with Crippen LogP contribution in [0, 0.1) is 6.92 Å². The number of aryl methyl sites for hydroxylation is 1. The van der Waals surface area contributed by atoms with Crippen molar-refractivity contribution >= 4 is 44.4 Å². The maximum absolute atomic E-state index is 6.39. The van der Waals surface area contributed by atoms with Crippen molar-refractivity contribution in [1.29, 1.82) is 0 Å². The Hall–Kier alpha value is -1.72. The molecule has 1 atom stereocenters. The Morgan fingerprint density at radius 2 is 1.96 bits per heavy atom. The van der Waals surface area contributed by atoms with Gasteiger partial charge < -0.3 is 5.73 Å². The van der Waals surface area contributed by atoms with Crippen molar-refractivity contribution in [3.63, 3.8) is 0 Å². The molecular formula is C20H17ClN2S2. The van der Waals surface area contributed by atoms with E-state index in [4.69, 9.17) is 22.3 Å². The smallest absolute Gasteiger partial charge is 0.110 e. The summed E-state index contributed by atoms with van der Waals surface area (Å²) in [5.74, 6) is 0. The van der Waals surface area contributed by atoms with Crippen LogP contribution in [0.5, 0.6) is 0 Å². The first-order valence-corrected chi connectivity index (χ1v) is 10.1. The van der Waals surface area contributed by atoms with E-state index in [9.17, 15) is 0 Å². The van der Waals surface area contributed by atoms with E-state index in [0.29, 0.717) is 0 Å². The third-order valence-electron chi connectivity index (χ3n) is 4.27. The molecule has 2 N–H and O–H groups in total. The Balaban J connectivity index is 1.64. The van der Waals surface area contributed by atoms with E-state index in [2.05, 4.69) is 30.5 Å². The molecule has 0 radical (unpaired) electrons. The number of rotatable bonds is 4. The zero-order valence-corrected chi connectivity index (χ0v) is 16.1. The number of nitrogens with two attached hydrogens (primary N) is 1. The maximum Gasteiger partial charge on any atom is 0.110 e. The van der Waals surface area contributed by atoms with Crippen LogP contribution < -0.4 is 5.73 Å². The summed E-state index contributed by atoms with van der Waals surface area (Å²) in [5.41, 5.74) is 9.87. The topological polar surface area (TPSA) is 38.9 Å². The van der Waals surface area contributed by atoms with Gasteiger partial charge in [0.25, 0.3) is 0 Å². The van der Waals surface area contributed by atoms with Crippen molar-refractivity contribution in [2.24, 2.45) is 5.73 Å². The van der Waals surface area contributed by atoms with E-state index in [1.165, 1.54) is 26.1 Å². The predicted octanol–water partition coefficient (Wildman–Crippen LogP) is 6.23. The number of hydrogen-bond acceptors (Lipinski definition) is 4. The second kappa shape index (κ2) is 6.89. The third-order valence-corrected chi connectivity index (χ3v) is 6.78. The molecule has 4 aromatic rings. The summed E-state index contributed by atoms with van der Waals surface area (Å²) >= 11 is 9.54. The van der Waals surface area contributed by atoms with Crippen LogP contribution in [-0.4, -0.2) is 4.98 Å². The molecule has 2 nitrogen and oxygen atoms in total. The summed E-state index contributed by atoms with van der Waals surface area (Å²) in [5, 5.41) is 5.06. The molecule has 25 heavy (non-hydrogen) atoms. The van der Waals surface area contributed by atoms with Crippen LogP contribution in [0.4, 0.5) is 0 Å². The van der Waals surface area contributed by atoms with Gasteiger partial charge in [0.05, 0.1) is 16.6 Å². The van der Waals surface area contributed by atoms with Gasteiger partial charge in [-0.2, -0.15) is 0 Å². The molecule has 0 bridgehead atoms. The largest absolute Gasteiger partial charge is 0.322 e. The average Bonchev–Trinajstić information content (AvgIpc) is 3.21. The first-order chi connectivity index (χ1) is 12.1. The predicted molar refractivity (Wildman–Crippen MR) is 110 cm³/mol. The van der Waals surface area contributed by atoms with Crippen LogP contribution in [-0.2, 0) is 6.42 Å². The Morgan fingerprint density at radius 3 is 2.76 bits per heavy atom. The van der Waals surface area contributed by atoms with Gasteiger partial charge in [0, 0.05) is 15.1 Å². The summed E-state index contributed by atoms with van der Waals surface area (Å²) in [6.45, 7) is 2.13. The lowest BCUT2D eigenvalue weighted by atomic mass is 10.1. The maximum atomic E-state index is 6.39. The lowest BCUT2D eigenvalue weighted by Crippen LogP contribution is -2.12. The van der Waals surface area contributed by atoms with Crippen LogP contribution in [0.1, 0.15) is 22.2 Å². The molecule has 0 amide bonds. The van der Waals surface area contributed by atoms with Crippen LogP contribution in [0.2, 0.25) is 5.02 Å². The van der Waals surface area contributed by atoms with E-state index in [-0.39, 0.29) is 6.04 Å². The van der Waals surface area contributed by atoms with Gasteiger partial charge in [0.15, 0.2) is 0 Å². The highest BCUT2D eigenvalue weighted by atomic mass is 35.5. The lowest BCUT2D eigenvalue weighted by Gasteiger charge is -2.08. The molecule has 2 aromatic carbocycles. The quantitative estimate of drug-likeness (QED) is 0.453. The summed E-state index contributed by atoms with van der Waals surface area (Å²) in [6.07, 6.45) is 0.800. The van der Waals surface area contributed by atoms with Crippen molar-refractivity contribution in [2.45, 2.75) is 19.4 Å². The minimum absolute atomic E-state index is 0.0784. The summed E-state index contributed by atoms with van der Waals surface area (Å²) in [4.78, 5) is 6.03. The molecule has 0 aliphatic heterocycles. The fraction of sp³-hybridized carbons (Fsp3) is 0.150. The van der Waals surface area contributed by atoms with Gasteiger partial charge in [-0.15, -0.1) is 22.7 Å². The van der Waals surface area contributed by atoms with Gasteiger partial charge in [-0.3, -0.25) is 0 Å². The number of nitrogens with zero attached hydrogens (tertiary/aromatic N) is 1. The monoisotopic (exact) mass is 384 g/mol. The van der Waals surface area contributed by atoms with Crippen molar-refractivity contribution in [3.8, 4) is 10.6 Å². The molecular weight excluding hydrogens is 368 g/mol. The average molecular weight is 385 g/mol. The fourth-order valence-electron chi connectivity index (χ4n) is 2.96. The van der Waals surface area contributed by atoms with E-state index >= 15 is 0 Å². The van der Waals surface area contributed by atoms with Gasteiger partial charge in [0.1, 0.15) is 5.01 Å². The molecule has 0 spiro atoms. The second-order valence-corrected chi connectivity index (χ2v) is 8.44. The molecule has 4 rings (SSSR count). The molecule has 2 heterocycles. The summed E-state index contributed by atoms with van der Waals surface area (Å²) in [6, 6.07) is 16.3. The number of thiazole rings is 1. The highest BCUT2D eigenvalue weighted by Gasteiger charge is 2.16. The van der Waals surface area contributed by atoms with Gasteiger partial charge in [0.2, 0.25) is 0 Å². The van der Waals surface area contributed by atoms with Crippen LogP contribution >= 0.6 is 34.3 Å². The van der Waals surface area contributed by atoms with E-state index in [1.54, 1.807) is 22.7 Å². The van der Waals surface area contributed by atoms with Crippen molar-refractivity contribution in [3.05, 3.63) is 75.1 Å². The van der Waals surface area contributed by atoms with E-state index < -0.39 is 0 Å². The molecule has 0 aliphatic carbocycles. The first kappa shape index (κ1) is 16.7. The highest BCUT2D eigenvalue weighted by Crippen LogP contribution is 2.39. The minimum atomic E-state index is -0.0784. The SMILES string of the molecule is Cc1c(-c2csc(C(N)Cc3ccccc3)n2)sc2ccc(Cl)cc12. The minimum Gasteiger partial charge on any atom is -0.322 e. The normalized spacial score (nSPS) is 12.6. The summed E-state index contributed by atoms with van der Waals surface area (Å²) < 4.78 is 1.24. The first-order valence-electron chi connectivity index (χ1n) is 8.06. The summed E-state index contributed by atoms with van der Waals surface area (Å²) in [7, 11) is 0. The van der Waals surface area contributed by atoms with Crippen molar-refractivity contribution in [2.75, 3.05) is 0 Å². The zero-order valence-electron chi connectivity index (χ0n) is 13.7. The number of aromatic nitrogens is 1. The zero-order chi connectivity index (χ0) is 17.4. The molecule has 126 valence electrons. The molecule has 0 saturated heterocycles. The van der Waals surface area contributed by atoms with E-state index in [0.717, 1.165) is 22.1 Å². The Labute approximate surface area is 159 Å². The number of fused-ring (bicyclic) bond motifs is 1. The van der Waals surface area contributed by atoms with Crippen molar-refractivity contribution < 1.29 is 0 Å². The van der Waals surface area contributed by atoms with Gasteiger partial charge in [-0.25, -0.2) is 4.98 Å². The Morgan fingerprint density at radius 1 is 1.16 bits per heavy atom. The second-order valence-electron chi connectivity index (χ2n) is 6.06. The number of benzene rings is 2. The molecule has 0 saturated carbocycles. The molecule has 5 heteroatoms. The standard InChI is InChI=1S/C20H17ClN2S2/c1-12-15-10-14(21)7-8-18(15)25-19(12)17-11-24-20(23-17)16(22)9-13-5-3-2-4-6-13/h2-8,10-11,16H,9,22H2,1H3. The molecule has 0 fully saturated rings.